The minimum atomic E-state index is -1.88. The lowest BCUT2D eigenvalue weighted by Gasteiger charge is -2.39. The largest absolute Gasteiger partial charge is 0.509 e. The minimum Gasteiger partial charge on any atom is -0.509 e. The first-order valence-corrected chi connectivity index (χ1v) is 12.4. The highest BCUT2D eigenvalue weighted by molar-refractivity contribution is 6.74. The summed E-state index contributed by atoms with van der Waals surface area (Å²) < 4.78 is 6.64. The van der Waals surface area contributed by atoms with Crippen LogP contribution in [0.5, 0.6) is 0 Å². The smallest absolute Gasteiger partial charge is 0.193 e. The number of benzene rings is 1. The minimum absolute atomic E-state index is 0.169. The molecule has 0 unspecified atom stereocenters. The zero-order valence-electron chi connectivity index (χ0n) is 16.4. The zero-order chi connectivity index (χ0) is 18.3. The number of likely N-dealkylation sites (tertiary alicyclic amines) is 1. The van der Waals surface area contributed by atoms with E-state index in [-0.39, 0.29) is 10.6 Å². The maximum absolute atomic E-state index is 11.0. The predicted octanol–water partition coefficient (Wildman–Crippen LogP) is 5.26. The zero-order valence-corrected chi connectivity index (χ0v) is 17.4. The van der Waals surface area contributed by atoms with Gasteiger partial charge in [-0.1, -0.05) is 51.1 Å². The molecule has 4 heteroatoms. The van der Waals surface area contributed by atoms with E-state index in [2.05, 4.69) is 69.1 Å². The van der Waals surface area contributed by atoms with Crippen LogP contribution in [0.2, 0.25) is 18.1 Å². The summed E-state index contributed by atoms with van der Waals surface area (Å²) in [6, 6.07) is 10.6. The van der Waals surface area contributed by atoms with Crippen molar-refractivity contribution in [1.82, 2.24) is 4.90 Å². The highest BCUT2D eigenvalue weighted by Crippen LogP contribution is 2.52. The van der Waals surface area contributed by atoms with Crippen LogP contribution in [0.25, 0.3) is 0 Å². The van der Waals surface area contributed by atoms with Crippen molar-refractivity contribution >= 4 is 8.32 Å². The third-order valence-electron chi connectivity index (χ3n) is 6.12. The predicted molar refractivity (Wildman–Crippen MR) is 106 cm³/mol. The van der Waals surface area contributed by atoms with Crippen LogP contribution in [0.1, 0.15) is 45.6 Å². The third kappa shape index (κ3) is 4.02. The molecule has 1 heterocycles. The van der Waals surface area contributed by atoms with Gasteiger partial charge in [0.25, 0.3) is 0 Å². The second-order valence-electron chi connectivity index (χ2n) is 9.26. The van der Waals surface area contributed by atoms with Gasteiger partial charge in [0.15, 0.2) is 8.32 Å². The molecule has 2 fully saturated rings. The van der Waals surface area contributed by atoms with Crippen LogP contribution in [-0.2, 0) is 11.0 Å². The number of rotatable bonds is 5. The van der Waals surface area contributed by atoms with Crippen molar-refractivity contribution in [3.05, 3.63) is 47.2 Å². The summed E-state index contributed by atoms with van der Waals surface area (Å²) >= 11 is 0. The Morgan fingerprint density at radius 1 is 1.20 bits per heavy atom. The number of aliphatic hydroxyl groups excluding tert-OH is 1. The Bertz CT molecular complexity index is 642. The van der Waals surface area contributed by atoms with Crippen molar-refractivity contribution < 1.29 is 9.53 Å². The van der Waals surface area contributed by atoms with E-state index < -0.39 is 8.32 Å². The number of nitrogens with zero attached hydrogens (tertiary/aromatic N) is 1. The molecule has 1 N–H and O–H groups in total. The summed E-state index contributed by atoms with van der Waals surface area (Å²) in [5.41, 5.74) is 2.15. The molecule has 0 spiro atoms. The summed E-state index contributed by atoms with van der Waals surface area (Å²) in [7, 11) is -1.88. The molecule has 0 amide bonds. The summed E-state index contributed by atoms with van der Waals surface area (Å²) in [4.78, 5) is 2.42. The van der Waals surface area contributed by atoms with Crippen molar-refractivity contribution in [3.8, 4) is 0 Å². The van der Waals surface area contributed by atoms with Gasteiger partial charge < -0.3 is 9.53 Å². The SMILES string of the molecule is CC(C)(C)[Si](C)(C)OC1(/C(O)=C2/CCN(Cc3ccccc3)C2)CC1. The lowest BCUT2D eigenvalue weighted by atomic mass is 10.1. The molecule has 0 radical (unpaired) electrons. The maximum atomic E-state index is 11.0. The molecule has 3 nitrogen and oxygen atoms in total. The van der Waals surface area contributed by atoms with E-state index >= 15 is 0 Å². The Labute approximate surface area is 153 Å². The molecule has 1 aliphatic carbocycles. The van der Waals surface area contributed by atoms with Crippen molar-refractivity contribution in [2.75, 3.05) is 13.1 Å². The van der Waals surface area contributed by atoms with Gasteiger partial charge in [-0.25, -0.2) is 0 Å². The molecular weight excluding hydrogens is 326 g/mol. The first-order chi connectivity index (χ1) is 11.6. The normalized spacial score (nSPS) is 22.9. The van der Waals surface area contributed by atoms with Gasteiger partial charge in [-0.2, -0.15) is 0 Å². The molecule has 0 aromatic heterocycles. The Morgan fingerprint density at radius 3 is 2.40 bits per heavy atom. The van der Waals surface area contributed by atoms with E-state index in [1.165, 1.54) is 11.1 Å². The van der Waals surface area contributed by atoms with Gasteiger partial charge in [-0.15, -0.1) is 0 Å². The lowest BCUT2D eigenvalue weighted by Crippen LogP contribution is -2.45. The van der Waals surface area contributed by atoms with Gasteiger partial charge >= 0.3 is 0 Å². The van der Waals surface area contributed by atoms with E-state index in [0.717, 1.165) is 38.9 Å². The van der Waals surface area contributed by atoms with Crippen LogP contribution in [-0.4, -0.2) is 37.0 Å². The fraction of sp³-hybridized carbons (Fsp3) is 0.619. The summed E-state index contributed by atoms with van der Waals surface area (Å²) in [6.07, 6.45) is 2.89. The average molecular weight is 360 g/mol. The van der Waals surface area contributed by atoms with Gasteiger partial charge in [0.2, 0.25) is 0 Å². The van der Waals surface area contributed by atoms with Crippen molar-refractivity contribution in [3.63, 3.8) is 0 Å². The van der Waals surface area contributed by atoms with E-state index in [0.29, 0.717) is 5.76 Å². The fourth-order valence-electron chi connectivity index (χ4n) is 3.36. The van der Waals surface area contributed by atoms with Gasteiger partial charge in [0.05, 0.1) is 0 Å². The highest BCUT2D eigenvalue weighted by Gasteiger charge is 2.55. The molecule has 25 heavy (non-hydrogen) atoms. The van der Waals surface area contributed by atoms with Crippen molar-refractivity contribution in [1.29, 1.82) is 0 Å². The van der Waals surface area contributed by atoms with Crippen LogP contribution in [0, 0.1) is 0 Å². The standard InChI is InChI=1S/C21H33NO2Si/c1-20(2,3)25(4,5)24-21(12-13-21)19(23)18-11-14-22(16-18)15-17-9-7-6-8-10-17/h6-10,23H,11-16H2,1-5H3/b19-18+. The molecule has 1 saturated carbocycles. The number of aliphatic hydroxyl groups is 1. The van der Waals surface area contributed by atoms with Crippen LogP contribution < -0.4 is 0 Å². The Hall–Kier alpha value is -1.10. The quantitative estimate of drug-likeness (QED) is 0.575. The Morgan fingerprint density at radius 2 is 1.84 bits per heavy atom. The molecule has 138 valence electrons. The van der Waals surface area contributed by atoms with Crippen LogP contribution in [0.4, 0.5) is 0 Å². The fourth-order valence-corrected chi connectivity index (χ4v) is 4.94. The molecule has 1 saturated heterocycles. The van der Waals surface area contributed by atoms with Gasteiger partial charge in [0, 0.05) is 19.6 Å². The summed E-state index contributed by atoms with van der Waals surface area (Å²) in [5, 5.41) is 11.2. The molecule has 3 rings (SSSR count). The molecule has 1 aromatic rings. The van der Waals surface area contributed by atoms with E-state index in [1.807, 2.05) is 0 Å². The first-order valence-electron chi connectivity index (χ1n) is 9.51. The molecule has 0 bridgehead atoms. The van der Waals surface area contributed by atoms with E-state index in [9.17, 15) is 5.11 Å². The van der Waals surface area contributed by atoms with Crippen LogP contribution >= 0.6 is 0 Å². The Kier molecular flexibility index (Phi) is 4.90. The van der Waals surface area contributed by atoms with Crippen molar-refractivity contribution in [2.45, 2.75) is 70.3 Å². The molecule has 1 aliphatic heterocycles. The van der Waals surface area contributed by atoms with Crippen LogP contribution in [0.3, 0.4) is 0 Å². The average Bonchev–Trinajstić information content (AvgIpc) is 3.15. The first kappa shape index (κ1) is 18.7. The second-order valence-corrected chi connectivity index (χ2v) is 14.0. The third-order valence-corrected chi connectivity index (χ3v) is 10.6. The number of hydrogen-bond donors (Lipinski definition) is 1. The lowest BCUT2D eigenvalue weighted by molar-refractivity contribution is 0.136. The topological polar surface area (TPSA) is 32.7 Å². The molecule has 0 atom stereocenters. The molecular formula is C21H33NO2Si. The van der Waals surface area contributed by atoms with Crippen molar-refractivity contribution in [2.24, 2.45) is 0 Å². The van der Waals surface area contributed by atoms with Gasteiger partial charge in [-0.05, 0) is 48.5 Å². The highest BCUT2D eigenvalue weighted by atomic mass is 28.4. The van der Waals surface area contributed by atoms with Gasteiger partial charge in [-0.3, -0.25) is 4.90 Å². The summed E-state index contributed by atoms with van der Waals surface area (Å²) in [6.45, 7) is 14.2. The summed E-state index contributed by atoms with van der Waals surface area (Å²) in [5.74, 6) is 0.549. The maximum Gasteiger partial charge on any atom is 0.193 e. The van der Waals surface area contributed by atoms with Crippen LogP contribution in [0.15, 0.2) is 41.7 Å². The van der Waals surface area contributed by atoms with E-state index in [4.69, 9.17) is 4.43 Å². The van der Waals surface area contributed by atoms with Gasteiger partial charge in [0.1, 0.15) is 11.4 Å². The monoisotopic (exact) mass is 359 g/mol. The van der Waals surface area contributed by atoms with E-state index in [1.54, 1.807) is 0 Å². The molecule has 1 aromatic carbocycles. The second kappa shape index (κ2) is 6.56. The number of hydrogen-bond acceptors (Lipinski definition) is 3. The molecule has 2 aliphatic rings. The Balaban J connectivity index is 1.69.